The lowest BCUT2D eigenvalue weighted by atomic mass is 10.2. The van der Waals surface area contributed by atoms with E-state index in [-0.39, 0.29) is 5.56 Å². The Hall–Kier alpha value is -2.84. The lowest BCUT2D eigenvalue weighted by Gasteiger charge is -2.17. The number of amides is 3. The first-order chi connectivity index (χ1) is 13.9. The van der Waals surface area contributed by atoms with Gasteiger partial charge in [0.25, 0.3) is 5.56 Å². The number of carbonyl (C=O) groups excluding carboxylic acids is 2. The summed E-state index contributed by atoms with van der Waals surface area (Å²) in [4.78, 5) is 41.8. The number of hydrogen-bond acceptors (Lipinski definition) is 5. The molecule has 0 spiro atoms. The second-order valence-corrected chi connectivity index (χ2v) is 7.83. The summed E-state index contributed by atoms with van der Waals surface area (Å²) in [7, 11) is 0. The highest BCUT2D eigenvalue weighted by atomic mass is 35.5. The van der Waals surface area contributed by atoms with E-state index in [2.05, 4.69) is 15.6 Å². The molecule has 3 rings (SSSR count). The van der Waals surface area contributed by atoms with Crippen LogP contribution in [0, 0.1) is 0 Å². The van der Waals surface area contributed by atoms with Gasteiger partial charge in [-0.1, -0.05) is 47.6 Å². The molecule has 3 aromatic rings. The summed E-state index contributed by atoms with van der Waals surface area (Å²) in [6.45, 7) is 3.79. The van der Waals surface area contributed by atoms with Crippen molar-refractivity contribution in [3.8, 4) is 5.69 Å². The van der Waals surface area contributed by atoms with Crippen molar-refractivity contribution in [2.45, 2.75) is 24.3 Å². The predicted octanol–water partition coefficient (Wildman–Crippen LogP) is 3.37. The third kappa shape index (κ3) is 4.60. The molecule has 9 heteroatoms. The SMILES string of the molecule is CCNC(=O)NC(=O)[C@H](C)Sc1nc2ccccc2c(=O)n1-c1ccccc1Cl. The number of nitrogens with zero attached hydrogens (tertiary/aromatic N) is 2. The molecule has 0 bridgehead atoms. The standard InChI is InChI=1S/C20H19ClN4O3S/c1-3-22-19(28)24-17(26)12(2)29-20-23-15-10-6-4-8-13(15)18(27)25(20)16-11-7-5-9-14(16)21/h4-12H,3H2,1-2H3,(H2,22,24,26,28)/t12-/m0/s1. The molecule has 0 saturated carbocycles. The maximum Gasteiger partial charge on any atom is 0.321 e. The maximum absolute atomic E-state index is 13.2. The Morgan fingerprint density at radius 3 is 2.59 bits per heavy atom. The third-order valence-corrected chi connectivity index (χ3v) is 5.44. The number of nitrogens with one attached hydrogen (secondary N) is 2. The van der Waals surface area contributed by atoms with Gasteiger partial charge in [0.05, 0.1) is 26.9 Å². The van der Waals surface area contributed by atoms with Crippen LogP contribution in [0.3, 0.4) is 0 Å². The molecule has 0 aliphatic rings. The Balaban J connectivity index is 2.06. The summed E-state index contributed by atoms with van der Waals surface area (Å²) in [6, 6.07) is 13.3. The van der Waals surface area contributed by atoms with E-state index in [9.17, 15) is 14.4 Å². The van der Waals surface area contributed by atoms with E-state index in [0.717, 1.165) is 11.8 Å². The molecule has 29 heavy (non-hydrogen) atoms. The van der Waals surface area contributed by atoms with E-state index in [1.165, 1.54) is 4.57 Å². The first-order valence-corrected chi connectivity index (χ1v) is 10.2. The van der Waals surface area contributed by atoms with Gasteiger partial charge in [0, 0.05) is 6.54 Å². The van der Waals surface area contributed by atoms with Crippen LogP contribution in [0.25, 0.3) is 16.6 Å². The zero-order valence-electron chi connectivity index (χ0n) is 15.8. The largest absolute Gasteiger partial charge is 0.338 e. The van der Waals surface area contributed by atoms with Gasteiger partial charge in [0.1, 0.15) is 0 Å². The van der Waals surface area contributed by atoms with E-state index in [0.29, 0.717) is 33.3 Å². The van der Waals surface area contributed by atoms with Gasteiger partial charge < -0.3 is 5.32 Å². The Morgan fingerprint density at radius 1 is 1.17 bits per heavy atom. The van der Waals surface area contributed by atoms with Crippen LogP contribution in [-0.4, -0.2) is 33.3 Å². The average Bonchev–Trinajstić information content (AvgIpc) is 2.69. The van der Waals surface area contributed by atoms with Crippen LogP contribution < -0.4 is 16.2 Å². The summed E-state index contributed by atoms with van der Waals surface area (Å²) in [5.41, 5.74) is 0.693. The van der Waals surface area contributed by atoms with Crippen molar-refractivity contribution in [1.29, 1.82) is 0 Å². The highest BCUT2D eigenvalue weighted by Gasteiger charge is 2.22. The van der Waals surface area contributed by atoms with E-state index >= 15 is 0 Å². The molecular formula is C20H19ClN4O3S. The van der Waals surface area contributed by atoms with Crippen molar-refractivity contribution in [2.75, 3.05) is 6.54 Å². The lowest BCUT2D eigenvalue weighted by Crippen LogP contribution is -2.42. The van der Waals surface area contributed by atoms with Crippen LogP contribution in [0.2, 0.25) is 5.02 Å². The van der Waals surface area contributed by atoms with Crippen molar-refractivity contribution < 1.29 is 9.59 Å². The molecule has 0 aliphatic carbocycles. The van der Waals surface area contributed by atoms with Crippen molar-refractivity contribution in [2.24, 2.45) is 0 Å². The second kappa shape index (κ2) is 9.11. The Morgan fingerprint density at radius 2 is 1.86 bits per heavy atom. The smallest absolute Gasteiger partial charge is 0.321 e. The number of aromatic nitrogens is 2. The molecule has 1 heterocycles. The van der Waals surface area contributed by atoms with Crippen molar-refractivity contribution >= 4 is 46.2 Å². The fraction of sp³-hybridized carbons (Fsp3) is 0.200. The first-order valence-electron chi connectivity index (χ1n) is 8.94. The first kappa shape index (κ1) is 20.9. The van der Waals surface area contributed by atoms with E-state index in [4.69, 9.17) is 11.6 Å². The number of imide groups is 1. The molecule has 0 aliphatic heterocycles. The molecule has 150 valence electrons. The van der Waals surface area contributed by atoms with Crippen molar-refractivity contribution in [1.82, 2.24) is 20.2 Å². The molecule has 0 unspecified atom stereocenters. The van der Waals surface area contributed by atoms with E-state index < -0.39 is 17.2 Å². The maximum atomic E-state index is 13.2. The fourth-order valence-electron chi connectivity index (χ4n) is 2.67. The number of urea groups is 1. The summed E-state index contributed by atoms with van der Waals surface area (Å²) in [5.74, 6) is -0.492. The molecule has 0 radical (unpaired) electrons. The monoisotopic (exact) mass is 430 g/mol. The number of hydrogen-bond donors (Lipinski definition) is 2. The highest BCUT2D eigenvalue weighted by Crippen LogP contribution is 2.28. The van der Waals surface area contributed by atoms with E-state index in [1.807, 2.05) is 0 Å². The molecular weight excluding hydrogens is 412 g/mol. The third-order valence-electron chi connectivity index (χ3n) is 4.06. The van der Waals surface area contributed by atoms with Crippen LogP contribution in [-0.2, 0) is 4.79 Å². The summed E-state index contributed by atoms with van der Waals surface area (Å²) >= 11 is 7.40. The number of carbonyl (C=O) groups is 2. The van der Waals surface area contributed by atoms with Gasteiger partial charge in [0.15, 0.2) is 5.16 Å². The van der Waals surface area contributed by atoms with Crippen molar-refractivity contribution in [3.05, 3.63) is 63.9 Å². The second-order valence-electron chi connectivity index (χ2n) is 6.11. The van der Waals surface area contributed by atoms with Crippen LogP contribution in [0.1, 0.15) is 13.8 Å². The Kier molecular flexibility index (Phi) is 6.56. The number of para-hydroxylation sites is 2. The topological polar surface area (TPSA) is 93.1 Å². The minimum Gasteiger partial charge on any atom is -0.338 e. The van der Waals surface area contributed by atoms with Crippen LogP contribution >= 0.6 is 23.4 Å². The number of benzene rings is 2. The van der Waals surface area contributed by atoms with Gasteiger partial charge in [-0.05, 0) is 38.1 Å². The quantitative estimate of drug-likeness (QED) is 0.478. The molecule has 2 aromatic carbocycles. The number of fused-ring (bicyclic) bond motifs is 1. The van der Waals surface area contributed by atoms with Crippen LogP contribution in [0.5, 0.6) is 0 Å². The van der Waals surface area contributed by atoms with Crippen LogP contribution in [0.15, 0.2) is 58.5 Å². The fourth-order valence-corrected chi connectivity index (χ4v) is 3.81. The zero-order chi connectivity index (χ0) is 21.0. The molecule has 0 saturated heterocycles. The molecule has 1 atom stereocenters. The minimum atomic E-state index is -0.681. The number of halogens is 1. The van der Waals surface area contributed by atoms with Crippen LogP contribution in [0.4, 0.5) is 4.79 Å². The summed E-state index contributed by atoms with van der Waals surface area (Å²) in [6.07, 6.45) is 0. The molecule has 0 fully saturated rings. The molecule has 3 amide bonds. The van der Waals surface area contributed by atoms with Gasteiger partial charge in [-0.3, -0.25) is 19.5 Å². The van der Waals surface area contributed by atoms with Gasteiger partial charge in [-0.2, -0.15) is 0 Å². The molecule has 1 aromatic heterocycles. The lowest BCUT2D eigenvalue weighted by molar-refractivity contribution is -0.119. The highest BCUT2D eigenvalue weighted by molar-refractivity contribution is 8.00. The normalized spacial score (nSPS) is 11.8. The summed E-state index contributed by atoms with van der Waals surface area (Å²) in [5, 5.41) is 5.23. The number of rotatable bonds is 5. The average molecular weight is 431 g/mol. The van der Waals surface area contributed by atoms with Crippen molar-refractivity contribution in [3.63, 3.8) is 0 Å². The Bertz CT molecular complexity index is 1130. The van der Waals surface area contributed by atoms with Gasteiger partial charge in [-0.15, -0.1) is 0 Å². The van der Waals surface area contributed by atoms with Gasteiger partial charge >= 0.3 is 6.03 Å². The molecule has 7 nitrogen and oxygen atoms in total. The minimum absolute atomic E-state index is 0.289. The summed E-state index contributed by atoms with van der Waals surface area (Å²) < 4.78 is 1.39. The van der Waals surface area contributed by atoms with Gasteiger partial charge in [0.2, 0.25) is 5.91 Å². The Labute approximate surface area is 176 Å². The number of thioether (sulfide) groups is 1. The zero-order valence-corrected chi connectivity index (χ0v) is 17.4. The van der Waals surface area contributed by atoms with E-state index in [1.54, 1.807) is 62.4 Å². The predicted molar refractivity (Wildman–Crippen MR) is 115 cm³/mol. The van der Waals surface area contributed by atoms with Gasteiger partial charge in [-0.25, -0.2) is 9.78 Å². The molecule has 2 N–H and O–H groups in total.